The third kappa shape index (κ3) is 4.64. The molecule has 8 heteroatoms. The van der Waals surface area contributed by atoms with E-state index in [0.717, 1.165) is 11.1 Å². The highest BCUT2D eigenvalue weighted by atomic mass is 19.1. The average Bonchev–Trinajstić information content (AvgIpc) is 3.22. The first-order valence-electron chi connectivity index (χ1n) is 9.95. The van der Waals surface area contributed by atoms with Gasteiger partial charge in [-0.15, -0.1) is 0 Å². The van der Waals surface area contributed by atoms with E-state index in [1.807, 2.05) is 24.1 Å². The molecule has 1 unspecified atom stereocenters. The lowest BCUT2D eigenvalue weighted by molar-refractivity contribution is -0.131. The van der Waals surface area contributed by atoms with E-state index in [1.54, 1.807) is 16.9 Å². The largest absolute Gasteiger partial charge is 0.347 e. The van der Waals surface area contributed by atoms with Gasteiger partial charge in [0.05, 0.1) is 11.7 Å². The highest BCUT2D eigenvalue weighted by Gasteiger charge is 2.43. The summed E-state index contributed by atoms with van der Waals surface area (Å²) in [6, 6.07) is 6.56. The Hall–Kier alpha value is -2.74. The fraction of sp³-hybridized carbons (Fsp3) is 0.476. The molecule has 154 valence electrons. The summed E-state index contributed by atoms with van der Waals surface area (Å²) in [5.41, 5.74) is 1.44. The maximum atomic E-state index is 13.5. The van der Waals surface area contributed by atoms with Gasteiger partial charge in [0.25, 0.3) is 0 Å². The number of nitrogens with one attached hydrogen (secondary N) is 1. The van der Waals surface area contributed by atoms with Crippen molar-refractivity contribution in [2.45, 2.75) is 38.4 Å². The highest BCUT2D eigenvalue weighted by Crippen LogP contribution is 2.26. The van der Waals surface area contributed by atoms with Gasteiger partial charge in [0.1, 0.15) is 12.4 Å². The molecule has 0 bridgehead atoms. The number of benzene rings is 1. The van der Waals surface area contributed by atoms with Crippen LogP contribution in [-0.4, -0.2) is 63.1 Å². The SMILES string of the molecule is Cc1cnn(CC(=O)N2CCC3(CN(Cc4cccc(F)c4)CCC(=O)N3)C2)c1. The predicted octanol–water partition coefficient (Wildman–Crippen LogP) is 1.32. The van der Waals surface area contributed by atoms with E-state index in [-0.39, 0.29) is 24.2 Å². The van der Waals surface area contributed by atoms with E-state index in [4.69, 9.17) is 0 Å². The van der Waals surface area contributed by atoms with Gasteiger partial charge in [-0.2, -0.15) is 5.10 Å². The van der Waals surface area contributed by atoms with Crippen LogP contribution in [-0.2, 0) is 22.7 Å². The normalized spacial score (nSPS) is 22.7. The number of likely N-dealkylation sites (tertiary alicyclic amines) is 1. The third-order valence-electron chi connectivity index (χ3n) is 5.65. The number of hydrogen-bond acceptors (Lipinski definition) is 4. The van der Waals surface area contributed by atoms with Crippen LogP contribution < -0.4 is 5.32 Å². The Bertz CT molecular complexity index is 914. The van der Waals surface area contributed by atoms with E-state index >= 15 is 0 Å². The lowest BCUT2D eigenvalue weighted by Gasteiger charge is -2.33. The van der Waals surface area contributed by atoms with E-state index in [9.17, 15) is 14.0 Å². The standard InChI is InChI=1S/C21H26FN5O2/c1-16-10-23-27(11-16)13-20(29)26-8-6-21(15-26)14-25(7-5-19(28)24-21)12-17-3-2-4-18(22)9-17/h2-4,9-11H,5-8,12-15H2,1H3,(H,24,28). The van der Waals surface area contributed by atoms with Crippen LogP contribution >= 0.6 is 0 Å². The number of hydrogen-bond donors (Lipinski definition) is 1. The topological polar surface area (TPSA) is 70.5 Å². The Kier molecular flexibility index (Phi) is 5.36. The van der Waals surface area contributed by atoms with Gasteiger partial charge in [-0.3, -0.25) is 19.2 Å². The van der Waals surface area contributed by atoms with Gasteiger partial charge >= 0.3 is 0 Å². The second-order valence-electron chi connectivity index (χ2n) is 8.20. The number of carbonyl (C=O) groups is 2. The molecular formula is C21H26FN5O2. The molecule has 0 aliphatic carbocycles. The minimum absolute atomic E-state index is 0.000140. The predicted molar refractivity (Wildman–Crippen MR) is 105 cm³/mol. The first kappa shape index (κ1) is 19.6. The zero-order chi connectivity index (χ0) is 20.4. The van der Waals surface area contributed by atoms with Crippen molar-refractivity contribution < 1.29 is 14.0 Å². The summed E-state index contributed by atoms with van der Waals surface area (Å²) in [7, 11) is 0. The number of carbonyl (C=O) groups excluding carboxylic acids is 2. The van der Waals surface area contributed by atoms with Crippen molar-refractivity contribution in [1.82, 2.24) is 24.9 Å². The molecule has 2 aliphatic heterocycles. The second-order valence-corrected chi connectivity index (χ2v) is 8.20. The van der Waals surface area contributed by atoms with E-state index in [1.165, 1.54) is 12.1 Å². The van der Waals surface area contributed by atoms with Crippen LogP contribution in [0.5, 0.6) is 0 Å². The van der Waals surface area contributed by atoms with Crippen LogP contribution in [0.2, 0.25) is 0 Å². The highest BCUT2D eigenvalue weighted by molar-refractivity contribution is 5.79. The fourth-order valence-electron chi connectivity index (χ4n) is 4.30. The molecule has 1 aromatic heterocycles. The van der Waals surface area contributed by atoms with Gasteiger partial charge in [-0.1, -0.05) is 12.1 Å². The summed E-state index contributed by atoms with van der Waals surface area (Å²) in [6.07, 6.45) is 4.69. The number of aryl methyl sites for hydroxylation is 1. The van der Waals surface area contributed by atoms with Crippen molar-refractivity contribution in [2.24, 2.45) is 0 Å². The molecule has 1 aromatic carbocycles. The van der Waals surface area contributed by atoms with Crippen LogP contribution in [0.3, 0.4) is 0 Å². The second kappa shape index (κ2) is 7.94. The molecule has 2 amide bonds. The summed E-state index contributed by atoms with van der Waals surface area (Å²) in [4.78, 5) is 29.1. The quantitative estimate of drug-likeness (QED) is 0.842. The monoisotopic (exact) mass is 399 g/mol. The molecule has 1 atom stereocenters. The summed E-state index contributed by atoms with van der Waals surface area (Å²) < 4.78 is 15.2. The minimum Gasteiger partial charge on any atom is -0.347 e. The van der Waals surface area contributed by atoms with E-state index in [0.29, 0.717) is 45.6 Å². The van der Waals surface area contributed by atoms with E-state index in [2.05, 4.69) is 15.3 Å². The molecule has 0 radical (unpaired) electrons. The van der Waals surface area contributed by atoms with Gasteiger partial charge in [0.15, 0.2) is 0 Å². The molecule has 0 saturated carbocycles. The smallest absolute Gasteiger partial charge is 0.244 e. The molecule has 1 spiro atoms. The Morgan fingerprint density at radius 2 is 2.17 bits per heavy atom. The molecule has 2 saturated heterocycles. The van der Waals surface area contributed by atoms with Crippen molar-refractivity contribution in [2.75, 3.05) is 26.2 Å². The molecule has 4 rings (SSSR count). The molecule has 1 N–H and O–H groups in total. The van der Waals surface area contributed by atoms with Gasteiger partial charge in [-0.25, -0.2) is 4.39 Å². The molecule has 2 aliphatic rings. The molecule has 29 heavy (non-hydrogen) atoms. The number of halogens is 1. The Morgan fingerprint density at radius 1 is 1.31 bits per heavy atom. The molecular weight excluding hydrogens is 373 g/mol. The van der Waals surface area contributed by atoms with Gasteiger partial charge in [0.2, 0.25) is 11.8 Å². The van der Waals surface area contributed by atoms with Crippen molar-refractivity contribution in [3.05, 3.63) is 53.6 Å². The average molecular weight is 399 g/mol. The third-order valence-corrected chi connectivity index (χ3v) is 5.65. The van der Waals surface area contributed by atoms with Crippen LogP contribution in [0.4, 0.5) is 4.39 Å². The van der Waals surface area contributed by atoms with Crippen LogP contribution in [0.15, 0.2) is 36.7 Å². The van der Waals surface area contributed by atoms with Crippen LogP contribution in [0.25, 0.3) is 0 Å². The number of amides is 2. The number of aromatic nitrogens is 2. The Labute approximate surface area is 169 Å². The van der Waals surface area contributed by atoms with E-state index < -0.39 is 5.54 Å². The lowest BCUT2D eigenvalue weighted by Crippen LogP contribution is -2.55. The maximum Gasteiger partial charge on any atom is 0.244 e. The molecule has 2 aromatic rings. The maximum absolute atomic E-state index is 13.5. The van der Waals surface area contributed by atoms with Crippen molar-refractivity contribution >= 4 is 11.8 Å². The van der Waals surface area contributed by atoms with Crippen LogP contribution in [0.1, 0.15) is 24.0 Å². The lowest BCUT2D eigenvalue weighted by atomic mass is 9.98. The molecule has 3 heterocycles. The summed E-state index contributed by atoms with van der Waals surface area (Å²) in [6.45, 7) is 5.06. The number of rotatable bonds is 4. The Balaban J connectivity index is 1.44. The number of nitrogens with zero attached hydrogens (tertiary/aromatic N) is 4. The van der Waals surface area contributed by atoms with Gasteiger partial charge < -0.3 is 10.2 Å². The first-order chi connectivity index (χ1) is 13.9. The fourth-order valence-corrected chi connectivity index (χ4v) is 4.30. The zero-order valence-electron chi connectivity index (χ0n) is 16.6. The first-order valence-corrected chi connectivity index (χ1v) is 9.95. The van der Waals surface area contributed by atoms with Crippen molar-refractivity contribution in [3.8, 4) is 0 Å². The molecule has 2 fully saturated rings. The van der Waals surface area contributed by atoms with Gasteiger partial charge in [-0.05, 0) is 36.6 Å². The molecule has 7 nitrogen and oxygen atoms in total. The summed E-state index contributed by atoms with van der Waals surface area (Å²) >= 11 is 0. The van der Waals surface area contributed by atoms with Crippen molar-refractivity contribution in [3.63, 3.8) is 0 Å². The minimum atomic E-state index is -0.462. The summed E-state index contributed by atoms with van der Waals surface area (Å²) in [5.74, 6) is -0.253. The zero-order valence-corrected chi connectivity index (χ0v) is 16.6. The Morgan fingerprint density at radius 3 is 2.93 bits per heavy atom. The van der Waals surface area contributed by atoms with Gasteiger partial charge in [0, 0.05) is 45.3 Å². The summed E-state index contributed by atoms with van der Waals surface area (Å²) in [5, 5.41) is 7.35. The van der Waals surface area contributed by atoms with Crippen molar-refractivity contribution in [1.29, 1.82) is 0 Å². The van der Waals surface area contributed by atoms with Crippen LogP contribution in [0, 0.1) is 12.7 Å².